The summed E-state index contributed by atoms with van der Waals surface area (Å²) in [6.45, 7) is 3.37. The van der Waals surface area contributed by atoms with Crippen LogP contribution < -0.4 is 5.69 Å². The van der Waals surface area contributed by atoms with Crippen LogP contribution in [0.2, 0.25) is 0 Å². The fourth-order valence-corrected chi connectivity index (χ4v) is 3.46. The van der Waals surface area contributed by atoms with Gasteiger partial charge in [0.2, 0.25) is 0 Å². The zero-order valence-electron chi connectivity index (χ0n) is 14.0. The smallest absolute Gasteiger partial charge is 0.340 e. The number of H-pyrrole nitrogens is 2. The summed E-state index contributed by atoms with van der Waals surface area (Å²) in [7, 11) is 0. The van der Waals surface area contributed by atoms with E-state index in [0.29, 0.717) is 24.5 Å². The average molecular weight is 340 g/mol. The van der Waals surface area contributed by atoms with Crippen LogP contribution in [0.1, 0.15) is 47.4 Å². The Balaban J connectivity index is 1.51. The van der Waals surface area contributed by atoms with Gasteiger partial charge in [-0.05, 0) is 37.0 Å². The maximum Gasteiger partial charge on any atom is 0.340 e. The van der Waals surface area contributed by atoms with Crippen molar-refractivity contribution in [3.8, 4) is 0 Å². The molecule has 0 spiro atoms. The molecule has 0 radical (unpaired) electrons. The highest BCUT2D eigenvalue weighted by Gasteiger charge is 2.28. The van der Waals surface area contributed by atoms with Crippen molar-refractivity contribution in [3.05, 3.63) is 51.9 Å². The molecule has 1 amide bonds. The van der Waals surface area contributed by atoms with Crippen LogP contribution in [0.15, 0.2) is 33.7 Å². The van der Waals surface area contributed by atoms with E-state index >= 15 is 0 Å². The van der Waals surface area contributed by atoms with Gasteiger partial charge in [0.15, 0.2) is 0 Å². The first-order valence-corrected chi connectivity index (χ1v) is 8.59. The van der Waals surface area contributed by atoms with Gasteiger partial charge in [-0.25, -0.2) is 9.89 Å². The summed E-state index contributed by atoms with van der Waals surface area (Å²) >= 11 is 0. The molecule has 130 valence electrons. The summed E-state index contributed by atoms with van der Waals surface area (Å²) in [6, 6.07) is 5.98. The topological polar surface area (TPSA) is 95.0 Å². The number of aryl methyl sites for hydroxylation is 1. The van der Waals surface area contributed by atoms with E-state index in [9.17, 15) is 9.59 Å². The van der Waals surface area contributed by atoms with Crippen molar-refractivity contribution in [1.29, 1.82) is 0 Å². The first kappa shape index (κ1) is 15.7. The Hall–Kier alpha value is -2.83. The van der Waals surface area contributed by atoms with Crippen molar-refractivity contribution in [2.75, 3.05) is 13.1 Å². The van der Waals surface area contributed by atoms with Gasteiger partial charge in [-0.15, -0.1) is 0 Å². The van der Waals surface area contributed by atoms with Crippen LogP contribution in [0.4, 0.5) is 0 Å². The lowest BCUT2D eigenvalue weighted by molar-refractivity contribution is 0.0712. The highest BCUT2D eigenvalue weighted by Crippen LogP contribution is 2.28. The molecule has 0 bridgehead atoms. The Labute approximate surface area is 144 Å². The van der Waals surface area contributed by atoms with Gasteiger partial charge >= 0.3 is 5.69 Å². The molecule has 3 aromatic rings. The molecule has 0 unspecified atom stereocenters. The van der Waals surface area contributed by atoms with E-state index < -0.39 is 0 Å². The third kappa shape index (κ3) is 2.86. The first-order chi connectivity index (χ1) is 12.2. The lowest BCUT2D eigenvalue weighted by Crippen LogP contribution is -2.38. The lowest BCUT2D eigenvalue weighted by atomic mass is 9.95. The third-order valence-corrected chi connectivity index (χ3v) is 4.96. The molecule has 2 N–H and O–H groups in total. The number of aromatic nitrogens is 3. The van der Waals surface area contributed by atoms with Crippen LogP contribution in [-0.2, 0) is 6.42 Å². The summed E-state index contributed by atoms with van der Waals surface area (Å²) < 4.78 is 5.55. The number of amides is 1. The number of carbonyl (C=O) groups excluding carboxylic acids is 1. The molecule has 0 saturated carbocycles. The third-order valence-electron chi connectivity index (χ3n) is 4.96. The summed E-state index contributed by atoms with van der Waals surface area (Å²) in [5.74, 6) is 0.857. The normalized spacial score (nSPS) is 15.8. The lowest BCUT2D eigenvalue weighted by Gasteiger charge is -2.30. The van der Waals surface area contributed by atoms with Crippen LogP contribution >= 0.6 is 0 Å². The van der Waals surface area contributed by atoms with Crippen molar-refractivity contribution >= 4 is 16.9 Å². The minimum Gasteiger partial charge on any atom is -0.463 e. The molecule has 25 heavy (non-hydrogen) atoms. The largest absolute Gasteiger partial charge is 0.463 e. The Morgan fingerprint density at radius 3 is 2.84 bits per heavy atom. The SMILES string of the molecule is CCc1ccc2occ(C(=O)N3CCC(c4n[nH]c(=O)[nH]4)CC3)c2c1. The Morgan fingerprint density at radius 2 is 2.16 bits per heavy atom. The number of nitrogens with zero attached hydrogens (tertiary/aromatic N) is 2. The quantitative estimate of drug-likeness (QED) is 0.765. The molecule has 1 aliphatic rings. The van der Waals surface area contributed by atoms with Crippen LogP contribution in [0.25, 0.3) is 11.0 Å². The molecular weight excluding hydrogens is 320 g/mol. The molecule has 7 heteroatoms. The van der Waals surface area contributed by atoms with E-state index in [1.807, 2.05) is 23.1 Å². The minimum absolute atomic E-state index is 0.000902. The minimum atomic E-state index is -0.287. The molecule has 7 nitrogen and oxygen atoms in total. The van der Waals surface area contributed by atoms with Crippen LogP contribution in [0, 0.1) is 0 Å². The van der Waals surface area contributed by atoms with Gasteiger partial charge in [0.1, 0.15) is 17.7 Å². The van der Waals surface area contributed by atoms with E-state index in [-0.39, 0.29) is 17.5 Å². The summed E-state index contributed by atoms with van der Waals surface area (Å²) in [6.07, 6.45) is 4.04. The number of rotatable bonds is 3. The fraction of sp³-hybridized carbons (Fsp3) is 0.389. The number of fused-ring (bicyclic) bond motifs is 1. The molecule has 4 rings (SSSR count). The number of hydrogen-bond acceptors (Lipinski definition) is 4. The summed E-state index contributed by atoms with van der Waals surface area (Å²) in [5.41, 5.74) is 2.26. The average Bonchev–Trinajstić information content (AvgIpc) is 3.27. The van der Waals surface area contributed by atoms with E-state index in [1.54, 1.807) is 6.26 Å². The number of hydrogen-bond donors (Lipinski definition) is 2. The summed E-state index contributed by atoms with van der Waals surface area (Å²) in [5, 5.41) is 7.28. The van der Waals surface area contributed by atoms with Crippen molar-refractivity contribution in [2.45, 2.75) is 32.1 Å². The second-order valence-corrected chi connectivity index (χ2v) is 6.46. The van der Waals surface area contributed by atoms with E-state index in [4.69, 9.17) is 4.42 Å². The van der Waals surface area contributed by atoms with E-state index in [0.717, 1.165) is 30.2 Å². The summed E-state index contributed by atoms with van der Waals surface area (Å²) in [4.78, 5) is 28.7. The van der Waals surface area contributed by atoms with E-state index in [2.05, 4.69) is 22.1 Å². The second-order valence-electron chi connectivity index (χ2n) is 6.46. The number of aromatic amines is 2. The van der Waals surface area contributed by atoms with Gasteiger partial charge in [0, 0.05) is 24.4 Å². The van der Waals surface area contributed by atoms with Gasteiger partial charge in [0.05, 0.1) is 5.56 Å². The van der Waals surface area contributed by atoms with Gasteiger partial charge in [-0.3, -0.25) is 9.78 Å². The molecular formula is C18H20N4O3. The van der Waals surface area contributed by atoms with Crippen LogP contribution in [0.5, 0.6) is 0 Å². The molecule has 1 aromatic carbocycles. The van der Waals surface area contributed by atoms with Crippen LogP contribution in [-0.4, -0.2) is 39.1 Å². The zero-order valence-corrected chi connectivity index (χ0v) is 14.0. The predicted octanol–water partition coefficient (Wildman–Crippen LogP) is 2.43. The van der Waals surface area contributed by atoms with Gasteiger partial charge in [0.25, 0.3) is 5.91 Å². The highest BCUT2D eigenvalue weighted by atomic mass is 16.3. The monoisotopic (exact) mass is 340 g/mol. The zero-order chi connectivity index (χ0) is 17.4. The van der Waals surface area contributed by atoms with Crippen molar-refractivity contribution < 1.29 is 9.21 Å². The van der Waals surface area contributed by atoms with E-state index in [1.165, 1.54) is 5.56 Å². The Bertz CT molecular complexity index is 960. The maximum absolute atomic E-state index is 12.9. The van der Waals surface area contributed by atoms with Gasteiger partial charge < -0.3 is 9.32 Å². The van der Waals surface area contributed by atoms with Crippen molar-refractivity contribution in [2.24, 2.45) is 0 Å². The number of piperidine rings is 1. The van der Waals surface area contributed by atoms with Crippen molar-refractivity contribution in [3.63, 3.8) is 0 Å². The molecule has 0 atom stereocenters. The maximum atomic E-state index is 12.9. The van der Waals surface area contributed by atoms with Crippen LogP contribution in [0.3, 0.4) is 0 Å². The number of nitrogens with one attached hydrogen (secondary N) is 2. The van der Waals surface area contributed by atoms with Gasteiger partial charge in [-0.1, -0.05) is 13.0 Å². The number of likely N-dealkylation sites (tertiary alicyclic amines) is 1. The number of benzene rings is 1. The molecule has 1 fully saturated rings. The molecule has 2 aromatic heterocycles. The standard InChI is InChI=1S/C18H20N4O3/c1-2-11-3-4-15-13(9-11)14(10-25-15)17(23)22-7-5-12(6-8-22)16-19-18(24)21-20-16/h3-4,9-10,12H,2,5-8H2,1H3,(H2,19,20,21,24). The second kappa shape index (κ2) is 6.23. The fourth-order valence-electron chi connectivity index (χ4n) is 3.46. The molecule has 1 saturated heterocycles. The Kier molecular flexibility index (Phi) is 3.91. The van der Waals surface area contributed by atoms with Gasteiger partial charge in [-0.2, -0.15) is 5.10 Å². The number of furan rings is 1. The molecule has 0 aliphatic carbocycles. The highest BCUT2D eigenvalue weighted by molar-refractivity contribution is 6.06. The Morgan fingerprint density at radius 1 is 1.36 bits per heavy atom. The number of carbonyl (C=O) groups is 1. The van der Waals surface area contributed by atoms with Crippen molar-refractivity contribution in [1.82, 2.24) is 20.1 Å². The predicted molar refractivity (Wildman–Crippen MR) is 92.7 cm³/mol. The molecule has 1 aliphatic heterocycles. The molecule has 3 heterocycles. The first-order valence-electron chi connectivity index (χ1n) is 8.59.